The number of imidazole rings is 1. The van der Waals surface area contributed by atoms with Crippen LogP contribution in [0.1, 0.15) is 46.5 Å². The monoisotopic (exact) mass is 355 g/mol. The van der Waals surface area contributed by atoms with Gasteiger partial charge in [0.25, 0.3) is 11.6 Å². The van der Waals surface area contributed by atoms with E-state index in [2.05, 4.69) is 20.4 Å². The van der Waals surface area contributed by atoms with E-state index < -0.39 is 6.10 Å². The van der Waals surface area contributed by atoms with Crippen molar-refractivity contribution in [3.8, 4) is 0 Å². The van der Waals surface area contributed by atoms with Gasteiger partial charge >= 0.3 is 0 Å². The molecule has 3 aromatic heterocycles. The molecule has 0 unspecified atom stereocenters. The number of hydrogen-bond acceptors (Lipinski definition) is 6. The lowest BCUT2D eigenvalue weighted by molar-refractivity contribution is 0.0813. The molecule has 0 aliphatic heterocycles. The SMILES string of the molecule is Cc1cc(C(=O)N[C@@H]2CC[C@@H](n3ccnc3C)[C@@H]2O)c2c(C)noc2n1. The Hall–Kier alpha value is -2.74. The number of amides is 1. The van der Waals surface area contributed by atoms with E-state index in [-0.39, 0.29) is 18.0 Å². The number of rotatable bonds is 3. The van der Waals surface area contributed by atoms with Gasteiger partial charge in [-0.3, -0.25) is 4.79 Å². The number of aromatic nitrogens is 4. The summed E-state index contributed by atoms with van der Waals surface area (Å²) in [5.41, 5.74) is 2.13. The van der Waals surface area contributed by atoms with Crippen LogP contribution in [0.2, 0.25) is 0 Å². The van der Waals surface area contributed by atoms with Gasteiger partial charge in [-0.25, -0.2) is 9.97 Å². The van der Waals surface area contributed by atoms with Gasteiger partial charge in [-0.15, -0.1) is 0 Å². The van der Waals surface area contributed by atoms with Gasteiger partial charge in [0, 0.05) is 18.1 Å². The molecule has 1 fully saturated rings. The van der Waals surface area contributed by atoms with E-state index in [0.717, 1.165) is 12.2 Å². The Balaban J connectivity index is 1.58. The molecule has 3 atom stereocenters. The highest BCUT2D eigenvalue weighted by molar-refractivity contribution is 6.06. The molecule has 1 aliphatic carbocycles. The predicted octanol–water partition coefficient (Wildman–Crippen LogP) is 1.84. The van der Waals surface area contributed by atoms with Crippen molar-refractivity contribution in [3.63, 3.8) is 0 Å². The molecule has 1 amide bonds. The minimum absolute atomic E-state index is 0.0840. The first-order valence-electron chi connectivity index (χ1n) is 8.67. The molecule has 136 valence electrons. The summed E-state index contributed by atoms with van der Waals surface area (Å²) in [5.74, 6) is 0.603. The van der Waals surface area contributed by atoms with E-state index >= 15 is 0 Å². The molecule has 0 saturated heterocycles. The second-order valence-electron chi connectivity index (χ2n) is 6.86. The van der Waals surface area contributed by atoms with Crippen LogP contribution in [0.4, 0.5) is 0 Å². The first kappa shape index (κ1) is 16.7. The van der Waals surface area contributed by atoms with Gasteiger partial charge in [0.1, 0.15) is 5.82 Å². The molecule has 0 bridgehead atoms. The predicted molar refractivity (Wildman–Crippen MR) is 93.8 cm³/mol. The van der Waals surface area contributed by atoms with Gasteiger partial charge < -0.3 is 19.5 Å². The van der Waals surface area contributed by atoms with Crippen molar-refractivity contribution >= 4 is 17.0 Å². The molecule has 8 nitrogen and oxygen atoms in total. The standard InChI is InChI=1S/C18H21N5O3/c1-9-8-12(15-10(2)22-26-18(15)20-9)17(25)21-13-4-5-14(16(13)24)23-7-6-19-11(23)3/h6-8,13-14,16,24H,4-5H2,1-3H3,(H,21,25)/t13-,14-,16-/m1/s1. The van der Waals surface area contributed by atoms with Gasteiger partial charge in [0.15, 0.2) is 0 Å². The summed E-state index contributed by atoms with van der Waals surface area (Å²) in [6.07, 6.45) is 4.39. The van der Waals surface area contributed by atoms with E-state index in [1.165, 1.54) is 0 Å². The van der Waals surface area contributed by atoms with E-state index in [0.29, 0.717) is 34.5 Å². The van der Waals surface area contributed by atoms with Crippen LogP contribution >= 0.6 is 0 Å². The van der Waals surface area contributed by atoms with Gasteiger partial charge in [-0.2, -0.15) is 0 Å². The number of nitrogens with one attached hydrogen (secondary N) is 1. The van der Waals surface area contributed by atoms with Crippen molar-refractivity contribution in [3.05, 3.63) is 41.2 Å². The lowest BCUT2D eigenvalue weighted by Crippen LogP contribution is -2.42. The Bertz CT molecular complexity index is 977. The molecule has 26 heavy (non-hydrogen) atoms. The van der Waals surface area contributed by atoms with E-state index in [1.807, 2.05) is 17.7 Å². The molecule has 0 aromatic carbocycles. The number of aliphatic hydroxyl groups is 1. The van der Waals surface area contributed by atoms with Crippen molar-refractivity contribution in [2.45, 2.75) is 51.8 Å². The van der Waals surface area contributed by atoms with Crippen molar-refractivity contribution in [1.82, 2.24) is 25.0 Å². The minimum atomic E-state index is -0.672. The Morgan fingerprint density at radius 2 is 2.15 bits per heavy atom. The van der Waals surface area contributed by atoms with E-state index in [4.69, 9.17) is 4.52 Å². The van der Waals surface area contributed by atoms with Crippen LogP contribution in [-0.4, -0.2) is 42.9 Å². The molecule has 0 radical (unpaired) electrons. The number of nitrogens with zero attached hydrogens (tertiary/aromatic N) is 4. The minimum Gasteiger partial charge on any atom is -0.389 e. The fourth-order valence-corrected chi connectivity index (χ4v) is 3.80. The third-order valence-electron chi connectivity index (χ3n) is 5.11. The van der Waals surface area contributed by atoms with Crippen molar-refractivity contribution in [2.24, 2.45) is 0 Å². The van der Waals surface area contributed by atoms with Crippen LogP contribution in [0, 0.1) is 20.8 Å². The normalized spacial score (nSPS) is 22.8. The first-order valence-corrected chi connectivity index (χ1v) is 8.67. The molecule has 3 heterocycles. The molecule has 2 N–H and O–H groups in total. The second-order valence-corrected chi connectivity index (χ2v) is 6.86. The Labute approximate surface area is 150 Å². The number of carbonyl (C=O) groups excluding carboxylic acids is 1. The van der Waals surface area contributed by atoms with Gasteiger partial charge in [-0.1, -0.05) is 5.16 Å². The maximum absolute atomic E-state index is 12.9. The van der Waals surface area contributed by atoms with Crippen LogP contribution < -0.4 is 5.32 Å². The topological polar surface area (TPSA) is 106 Å². The van der Waals surface area contributed by atoms with Crippen LogP contribution in [0.5, 0.6) is 0 Å². The summed E-state index contributed by atoms with van der Waals surface area (Å²) in [4.78, 5) is 21.4. The number of aliphatic hydroxyl groups excluding tert-OH is 1. The lowest BCUT2D eigenvalue weighted by atomic mass is 10.1. The fourth-order valence-electron chi connectivity index (χ4n) is 3.80. The van der Waals surface area contributed by atoms with E-state index in [1.54, 1.807) is 26.1 Å². The maximum atomic E-state index is 12.9. The summed E-state index contributed by atoms with van der Waals surface area (Å²) >= 11 is 0. The highest BCUT2D eigenvalue weighted by Gasteiger charge is 2.37. The molecule has 8 heteroatoms. The van der Waals surface area contributed by atoms with Crippen LogP contribution in [0.15, 0.2) is 23.0 Å². The van der Waals surface area contributed by atoms with Gasteiger partial charge in [0.05, 0.1) is 34.8 Å². The molecule has 0 spiro atoms. The molecular weight excluding hydrogens is 334 g/mol. The number of fused-ring (bicyclic) bond motifs is 1. The zero-order valence-electron chi connectivity index (χ0n) is 14.9. The largest absolute Gasteiger partial charge is 0.389 e. The number of carbonyl (C=O) groups is 1. The zero-order valence-corrected chi connectivity index (χ0v) is 14.9. The summed E-state index contributed by atoms with van der Waals surface area (Å²) in [6.45, 7) is 5.49. The zero-order chi connectivity index (χ0) is 18.4. The molecular formula is C18H21N5O3. The molecule has 1 aliphatic rings. The number of hydrogen-bond donors (Lipinski definition) is 2. The number of aryl methyl sites for hydroxylation is 3. The average Bonchev–Trinajstić information content (AvgIpc) is 3.28. The first-order chi connectivity index (χ1) is 12.5. The average molecular weight is 355 g/mol. The Morgan fingerprint density at radius 3 is 2.88 bits per heavy atom. The second kappa shape index (κ2) is 6.21. The third kappa shape index (κ3) is 2.66. The van der Waals surface area contributed by atoms with Crippen LogP contribution in [-0.2, 0) is 0 Å². The van der Waals surface area contributed by atoms with E-state index in [9.17, 15) is 9.90 Å². The fraction of sp³-hybridized carbons (Fsp3) is 0.444. The Morgan fingerprint density at radius 1 is 1.35 bits per heavy atom. The summed E-state index contributed by atoms with van der Waals surface area (Å²) in [6, 6.07) is 1.32. The van der Waals surface area contributed by atoms with Crippen molar-refractivity contribution in [2.75, 3.05) is 0 Å². The van der Waals surface area contributed by atoms with Crippen molar-refractivity contribution < 1.29 is 14.4 Å². The summed E-state index contributed by atoms with van der Waals surface area (Å²) in [5, 5.41) is 18.2. The van der Waals surface area contributed by atoms with Gasteiger partial charge in [-0.05, 0) is 39.7 Å². The van der Waals surface area contributed by atoms with Gasteiger partial charge in [0.2, 0.25) is 0 Å². The summed E-state index contributed by atoms with van der Waals surface area (Å²) < 4.78 is 7.16. The molecule has 4 rings (SSSR count). The summed E-state index contributed by atoms with van der Waals surface area (Å²) in [7, 11) is 0. The van der Waals surface area contributed by atoms with Crippen molar-refractivity contribution in [1.29, 1.82) is 0 Å². The number of pyridine rings is 1. The Kier molecular flexibility index (Phi) is 3.99. The maximum Gasteiger partial charge on any atom is 0.258 e. The van der Waals surface area contributed by atoms with Crippen LogP contribution in [0.3, 0.4) is 0 Å². The highest BCUT2D eigenvalue weighted by Crippen LogP contribution is 2.32. The van der Waals surface area contributed by atoms with Crippen LogP contribution in [0.25, 0.3) is 11.1 Å². The highest BCUT2D eigenvalue weighted by atomic mass is 16.5. The molecule has 3 aromatic rings. The third-order valence-corrected chi connectivity index (χ3v) is 5.11. The lowest BCUT2D eigenvalue weighted by Gasteiger charge is -2.22. The molecule has 1 saturated carbocycles. The smallest absolute Gasteiger partial charge is 0.258 e. The quantitative estimate of drug-likeness (QED) is 0.742.